The summed E-state index contributed by atoms with van der Waals surface area (Å²) in [4.78, 5) is 6.11. The van der Waals surface area contributed by atoms with Gasteiger partial charge in [-0.2, -0.15) is 6.08 Å². The van der Waals surface area contributed by atoms with Crippen LogP contribution in [0.15, 0.2) is 41.4 Å². The Morgan fingerprint density at radius 2 is 1.79 bits per heavy atom. The summed E-state index contributed by atoms with van der Waals surface area (Å²) in [5.41, 5.74) is 3.92. The first-order chi connectivity index (χ1) is 10.3. The molecular weight excluding hydrogens is 377 g/mol. The number of rotatable bonds is 3. The van der Waals surface area contributed by atoms with E-state index in [1.165, 1.54) is 16.8 Å². The second-order valence-electron chi connectivity index (χ2n) is 4.95. The van der Waals surface area contributed by atoms with Crippen LogP contribution < -0.4 is 29.7 Å². The number of hydrogen-bond acceptors (Lipinski definition) is 2. The molecule has 0 bridgehead atoms. The Kier molecular flexibility index (Phi) is 14.2. The monoisotopic (exact) mass is 398 g/mol. The van der Waals surface area contributed by atoms with Crippen LogP contribution in [-0.2, 0) is 34.6 Å². The number of aliphatic imine (C=N–C) groups is 1. The Bertz CT molecular complexity index is 566. The fourth-order valence-corrected chi connectivity index (χ4v) is 2.44. The fourth-order valence-electron chi connectivity index (χ4n) is 2.44. The van der Waals surface area contributed by atoms with E-state index in [1.54, 1.807) is 6.34 Å². The second kappa shape index (κ2) is 13.4. The van der Waals surface area contributed by atoms with E-state index < -0.39 is 0 Å². The molecule has 1 aliphatic heterocycles. The molecule has 0 aromatic heterocycles. The van der Waals surface area contributed by atoms with E-state index in [1.807, 2.05) is 12.2 Å². The number of anilines is 1. The number of halogens is 2. The third-order valence-corrected chi connectivity index (χ3v) is 3.51. The standard InChI is InChI=1S/C13H17N3.C5H5.2ClH.Ti/c1-3-10-6-5-7-11(4-2)13(10)16-8-12(14)15-9-16;1-2-4-5-3-1;;;/h5-7,9,14H,3-4,8H2,1-2H3;1-3H,4H2;2*1H;/q;-1;;;+3/p-2. The Labute approximate surface area is 172 Å². The maximum Gasteiger partial charge on any atom is 3.00 e. The Morgan fingerprint density at radius 1 is 1.17 bits per heavy atom. The van der Waals surface area contributed by atoms with Gasteiger partial charge in [0.1, 0.15) is 5.84 Å². The molecule has 1 N–H and O–H groups in total. The van der Waals surface area contributed by atoms with Crippen LogP contribution in [0.3, 0.4) is 0 Å². The first-order valence-electron chi connectivity index (χ1n) is 7.47. The average Bonchev–Trinajstić information content (AvgIpc) is 3.20. The van der Waals surface area contributed by atoms with E-state index in [0.717, 1.165) is 19.3 Å². The molecule has 127 valence electrons. The molecule has 3 rings (SSSR count). The van der Waals surface area contributed by atoms with Gasteiger partial charge in [-0.25, -0.2) is 17.1 Å². The second-order valence-corrected chi connectivity index (χ2v) is 4.95. The van der Waals surface area contributed by atoms with Gasteiger partial charge in [0.05, 0.1) is 12.9 Å². The van der Waals surface area contributed by atoms with Crippen molar-refractivity contribution in [2.45, 2.75) is 33.1 Å². The molecule has 1 heterocycles. The molecule has 1 aromatic rings. The third kappa shape index (κ3) is 6.94. The molecule has 0 unspecified atom stereocenters. The van der Waals surface area contributed by atoms with Crippen LogP contribution in [0.5, 0.6) is 0 Å². The molecule has 0 spiro atoms. The quantitative estimate of drug-likeness (QED) is 0.462. The summed E-state index contributed by atoms with van der Waals surface area (Å²) in [5.74, 6) is 0.438. The molecule has 1 radical (unpaired) electrons. The first-order valence-corrected chi connectivity index (χ1v) is 7.47. The maximum atomic E-state index is 7.54. The van der Waals surface area contributed by atoms with Crippen molar-refractivity contribution in [1.82, 2.24) is 0 Å². The van der Waals surface area contributed by atoms with Gasteiger partial charge in [0.2, 0.25) is 0 Å². The molecule has 0 amide bonds. The van der Waals surface area contributed by atoms with Crippen molar-refractivity contribution in [1.29, 1.82) is 5.41 Å². The molecule has 2 aliphatic rings. The summed E-state index contributed by atoms with van der Waals surface area (Å²) < 4.78 is 0. The predicted molar refractivity (Wildman–Crippen MR) is 90.3 cm³/mol. The Balaban J connectivity index is 0. The molecule has 1 aromatic carbocycles. The molecule has 24 heavy (non-hydrogen) atoms. The largest absolute Gasteiger partial charge is 3.00 e. The number of nitrogens with zero attached hydrogens (tertiary/aromatic N) is 2. The number of benzene rings is 1. The van der Waals surface area contributed by atoms with Crippen molar-refractivity contribution < 1.29 is 46.5 Å². The van der Waals surface area contributed by atoms with Crippen molar-refractivity contribution in [2.75, 3.05) is 11.4 Å². The van der Waals surface area contributed by atoms with Crippen molar-refractivity contribution in [2.24, 2.45) is 4.99 Å². The molecule has 6 heteroatoms. The molecular formula is C18H22Cl2N3Ti. The van der Waals surface area contributed by atoms with Gasteiger partial charge < -0.3 is 29.7 Å². The minimum atomic E-state index is 0. The Morgan fingerprint density at radius 3 is 2.12 bits per heavy atom. The number of hydrogen-bond donors (Lipinski definition) is 1. The van der Waals surface area contributed by atoms with Gasteiger partial charge in [0.25, 0.3) is 0 Å². The minimum absolute atomic E-state index is 0. The Hall–Kier alpha value is -0.866. The topological polar surface area (TPSA) is 39.5 Å². The summed E-state index contributed by atoms with van der Waals surface area (Å²) in [5, 5.41) is 7.54. The normalized spacial score (nSPS) is 13.6. The number of amidine groups is 1. The zero-order valence-corrected chi connectivity index (χ0v) is 17.1. The van der Waals surface area contributed by atoms with Crippen LogP contribution in [0.4, 0.5) is 5.69 Å². The number of nitrogens with one attached hydrogen (secondary N) is 1. The van der Waals surface area contributed by atoms with Crippen molar-refractivity contribution in [3.63, 3.8) is 0 Å². The molecule has 0 saturated heterocycles. The van der Waals surface area contributed by atoms with Crippen molar-refractivity contribution in [3.8, 4) is 0 Å². The van der Waals surface area contributed by atoms with Crippen LogP contribution >= 0.6 is 0 Å². The van der Waals surface area contributed by atoms with E-state index in [0.29, 0.717) is 12.4 Å². The zero-order valence-electron chi connectivity index (χ0n) is 14.0. The number of aryl methyl sites for hydroxylation is 2. The number of allylic oxidation sites excluding steroid dienone is 4. The number of para-hydroxylation sites is 1. The van der Waals surface area contributed by atoms with Crippen LogP contribution in [0.25, 0.3) is 0 Å². The predicted octanol–water partition coefficient (Wildman–Crippen LogP) is -2.05. The van der Waals surface area contributed by atoms with Gasteiger partial charge >= 0.3 is 21.7 Å². The smallest absolute Gasteiger partial charge is 1.00 e. The van der Waals surface area contributed by atoms with E-state index in [4.69, 9.17) is 5.41 Å². The molecule has 3 nitrogen and oxygen atoms in total. The van der Waals surface area contributed by atoms with Gasteiger partial charge in [0, 0.05) is 5.69 Å². The van der Waals surface area contributed by atoms with Gasteiger partial charge in [-0.1, -0.05) is 32.0 Å². The summed E-state index contributed by atoms with van der Waals surface area (Å²) in [6.45, 7) is 4.93. The van der Waals surface area contributed by atoms with Crippen LogP contribution in [0.2, 0.25) is 0 Å². The van der Waals surface area contributed by atoms with Crippen LogP contribution in [0, 0.1) is 11.5 Å². The van der Waals surface area contributed by atoms with Gasteiger partial charge in [-0.05, 0) is 24.0 Å². The van der Waals surface area contributed by atoms with Gasteiger partial charge in [-0.3, -0.25) is 11.5 Å². The van der Waals surface area contributed by atoms with Crippen LogP contribution in [0.1, 0.15) is 31.4 Å². The zero-order chi connectivity index (χ0) is 15.1. The molecule has 0 saturated carbocycles. The summed E-state index contributed by atoms with van der Waals surface area (Å²) >= 11 is 0. The summed E-state index contributed by atoms with van der Waals surface area (Å²) in [7, 11) is 0. The third-order valence-electron chi connectivity index (χ3n) is 3.51. The van der Waals surface area contributed by atoms with Gasteiger partial charge in [-0.15, -0.1) is 6.42 Å². The van der Waals surface area contributed by atoms with Gasteiger partial charge in [0.15, 0.2) is 0 Å². The molecule has 0 fully saturated rings. The molecule has 1 aliphatic carbocycles. The van der Waals surface area contributed by atoms with E-state index >= 15 is 0 Å². The van der Waals surface area contributed by atoms with Crippen molar-refractivity contribution in [3.05, 3.63) is 53.6 Å². The average molecular weight is 399 g/mol. The van der Waals surface area contributed by atoms with E-state index in [-0.39, 0.29) is 46.5 Å². The molecule has 0 atom stereocenters. The van der Waals surface area contributed by atoms with Crippen LogP contribution in [-0.4, -0.2) is 18.7 Å². The summed E-state index contributed by atoms with van der Waals surface area (Å²) in [6, 6.07) is 6.42. The first kappa shape index (κ1) is 25.4. The van der Waals surface area contributed by atoms with Crippen molar-refractivity contribution >= 4 is 17.9 Å². The summed E-state index contributed by atoms with van der Waals surface area (Å²) in [6.07, 6.45) is 13.8. The minimum Gasteiger partial charge on any atom is -1.00 e. The van der Waals surface area contributed by atoms with E-state index in [9.17, 15) is 0 Å². The maximum absolute atomic E-state index is 7.54. The SMILES string of the molecule is CCc1cccc(CC)c1N1C=NC(=N)C1.[C-]1=CC=CC1.[Cl-].[Cl-].[Ti+3]. The fraction of sp³-hybridized carbons (Fsp3) is 0.333. The van der Waals surface area contributed by atoms with E-state index in [2.05, 4.69) is 54.1 Å².